The van der Waals surface area contributed by atoms with Gasteiger partial charge in [0.2, 0.25) is 0 Å². The second kappa shape index (κ2) is 4.47. The Morgan fingerprint density at radius 1 is 1.26 bits per heavy atom. The van der Waals surface area contributed by atoms with E-state index in [1.165, 1.54) is 5.69 Å². The van der Waals surface area contributed by atoms with Crippen molar-refractivity contribution in [3.05, 3.63) is 24.3 Å². The average Bonchev–Trinajstić information content (AvgIpc) is 2.80. The van der Waals surface area contributed by atoms with Crippen molar-refractivity contribution in [3.63, 3.8) is 0 Å². The Balaban J connectivity index is 1.74. The fourth-order valence-corrected chi connectivity index (χ4v) is 2.62. The summed E-state index contributed by atoms with van der Waals surface area (Å²) in [6.45, 7) is 5.37. The van der Waals surface area contributed by atoms with E-state index in [0.29, 0.717) is 5.92 Å². The van der Waals surface area contributed by atoms with Gasteiger partial charge in [-0.15, -0.1) is 0 Å². The van der Waals surface area contributed by atoms with E-state index in [0.717, 1.165) is 50.9 Å². The van der Waals surface area contributed by atoms with Gasteiger partial charge in [0.15, 0.2) is 11.5 Å². The van der Waals surface area contributed by atoms with Gasteiger partial charge in [-0.25, -0.2) is 9.97 Å². The average molecular weight is 259 g/mol. The predicted octanol–water partition coefficient (Wildman–Crippen LogP) is 0.253. The van der Waals surface area contributed by atoms with E-state index in [1.807, 2.05) is 12.4 Å². The fraction of sp³-hybridized carbons (Fsp3) is 0.538. The molecular weight excluding hydrogens is 242 g/mol. The van der Waals surface area contributed by atoms with Crippen molar-refractivity contribution >= 4 is 11.5 Å². The van der Waals surface area contributed by atoms with Crippen molar-refractivity contribution in [1.29, 1.82) is 0 Å². The number of nitrogens with zero attached hydrogens (tertiary/aromatic N) is 4. The van der Waals surface area contributed by atoms with Crippen LogP contribution in [0.5, 0.6) is 0 Å². The van der Waals surface area contributed by atoms with Gasteiger partial charge in [0.25, 0.3) is 0 Å². The van der Waals surface area contributed by atoms with Crippen LogP contribution in [-0.2, 0) is 4.74 Å². The highest BCUT2D eigenvalue weighted by molar-refractivity contribution is 5.64. The zero-order valence-corrected chi connectivity index (χ0v) is 10.7. The highest BCUT2D eigenvalue weighted by atomic mass is 16.5. The van der Waals surface area contributed by atoms with E-state index in [2.05, 4.69) is 25.8 Å². The summed E-state index contributed by atoms with van der Waals surface area (Å²) in [6, 6.07) is 0. The number of morpholine rings is 1. The Morgan fingerprint density at radius 3 is 2.84 bits per heavy atom. The number of rotatable bonds is 2. The maximum absolute atomic E-state index is 5.40. The molecule has 0 aliphatic carbocycles. The van der Waals surface area contributed by atoms with E-state index in [4.69, 9.17) is 9.72 Å². The van der Waals surface area contributed by atoms with E-state index in [-0.39, 0.29) is 0 Å². The molecule has 6 heteroatoms. The minimum absolute atomic E-state index is 0.553. The lowest BCUT2D eigenvalue weighted by molar-refractivity contribution is 0.122. The molecule has 6 nitrogen and oxygen atoms in total. The quantitative estimate of drug-likeness (QED) is 0.838. The van der Waals surface area contributed by atoms with E-state index in [9.17, 15) is 0 Å². The largest absolute Gasteiger partial charge is 0.378 e. The summed E-state index contributed by atoms with van der Waals surface area (Å²) in [5.41, 5.74) is 2.13. The normalized spacial score (nSPS) is 20.7. The van der Waals surface area contributed by atoms with Crippen LogP contribution in [0.4, 0.5) is 5.82 Å². The first kappa shape index (κ1) is 11.2. The molecular formula is C13H17N5O. The van der Waals surface area contributed by atoms with Gasteiger partial charge in [-0.1, -0.05) is 0 Å². The summed E-state index contributed by atoms with van der Waals surface area (Å²) in [5, 5.41) is 3.29. The van der Waals surface area contributed by atoms with Gasteiger partial charge in [-0.3, -0.25) is 0 Å². The number of hydrogen-bond acceptors (Lipinski definition) is 5. The summed E-state index contributed by atoms with van der Waals surface area (Å²) in [6.07, 6.45) is 5.95. The summed E-state index contributed by atoms with van der Waals surface area (Å²) < 4.78 is 7.49. The third-order valence-corrected chi connectivity index (χ3v) is 3.89. The van der Waals surface area contributed by atoms with Crippen LogP contribution in [0.1, 0.15) is 11.6 Å². The van der Waals surface area contributed by atoms with Gasteiger partial charge in [0.05, 0.1) is 18.9 Å². The number of nitrogens with one attached hydrogen (secondary N) is 1. The molecule has 2 aliphatic heterocycles. The summed E-state index contributed by atoms with van der Waals surface area (Å²) >= 11 is 0. The second-order valence-electron chi connectivity index (χ2n) is 5.10. The molecule has 2 aromatic rings. The van der Waals surface area contributed by atoms with Crippen molar-refractivity contribution in [2.45, 2.75) is 5.92 Å². The van der Waals surface area contributed by atoms with Crippen molar-refractivity contribution < 1.29 is 4.74 Å². The maximum atomic E-state index is 5.40. The van der Waals surface area contributed by atoms with Crippen LogP contribution >= 0.6 is 0 Å². The standard InChI is InChI=1S/C13H17N5O/c1-2-18-9-11(10-7-14-8-10)16-13(18)12(15-1)17-3-5-19-6-4-17/h1-2,9-10,14H,3-8H2. The molecule has 0 aromatic carbocycles. The van der Waals surface area contributed by atoms with E-state index < -0.39 is 0 Å². The molecule has 2 saturated heterocycles. The highest BCUT2D eigenvalue weighted by Gasteiger charge is 2.23. The van der Waals surface area contributed by atoms with Crippen LogP contribution in [0.15, 0.2) is 18.6 Å². The van der Waals surface area contributed by atoms with Gasteiger partial charge in [0, 0.05) is 50.7 Å². The summed E-state index contributed by atoms with van der Waals surface area (Å²) in [5.74, 6) is 1.53. The molecule has 0 amide bonds. The minimum Gasteiger partial charge on any atom is -0.378 e. The second-order valence-corrected chi connectivity index (χ2v) is 5.10. The SMILES string of the molecule is c1cn2cc(C3CNC3)nc2c(N2CCOCC2)n1. The maximum Gasteiger partial charge on any atom is 0.180 e. The molecule has 100 valence electrons. The molecule has 0 atom stereocenters. The molecule has 0 radical (unpaired) electrons. The number of aromatic nitrogens is 3. The fourth-order valence-electron chi connectivity index (χ4n) is 2.62. The predicted molar refractivity (Wildman–Crippen MR) is 71.6 cm³/mol. The smallest absolute Gasteiger partial charge is 0.180 e. The number of anilines is 1. The van der Waals surface area contributed by atoms with Crippen molar-refractivity contribution in [2.24, 2.45) is 0 Å². The molecule has 0 bridgehead atoms. The first-order valence-corrected chi connectivity index (χ1v) is 6.79. The number of imidazole rings is 1. The van der Waals surface area contributed by atoms with Crippen LogP contribution in [0.3, 0.4) is 0 Å². The van der Waals surface area contributed by atoms with Gasteiger partial charge >= 0.3 is 0 Å². The summed E-state index contributed by atoms with van der Waals surface area (Å²) in [7, 11) is 0. The third kappa shape index (κ3) is 1.87. The Hall–Kier alpha value is -1.66. The van der Waals surface area contributed by atoms with Crippen LogP contribution in [-0.4, -0.2) is 53.8 Å². The van der Waals surface area contributed by atoms with Gasteiger partial charge in [-0.2, -0.15) is 0 Å². The molecule has 0 saturated carbocycles. The van der Waals surface area contributed by atoms with Gasteiger partial charge in [-0.05, 0) is 0 Å². The van der Waals surface area contributed by atoms with E-state index >= 15 is 0 Å². The van der Waals surface area contributed by atoms with Crippen LogP contribution in [0.2, 0.25) is 0 Å². The molecule has 4 rings (SSSR count). The molecule has 19 heavy (non-hydrogen) atoms. The molecule has 0 unspecified atom stereocenters. The van der Waals surface area contributed by atoms with Crippen molar-refractivity contribution in [1.82, 2.24) is 19.7 Å². The van der Waals surface area contributed by atoms with Crippen molar-refractivity contribution in [3.8, 4) is 0 Å². The van der Waals surface area contributed by atoms with Crippen LogP contribution in [0.25, 0.3) is 5.65 Å². The van der Waals surface area contributed by atoms with Crippen LogP contribution < -0.4 is 10.2 Å². The Labute approximate surface area is 111 Å². The molecule has 1 N–H and O–H groups in total. The first-order valence-electron chi connectivity index (χ1n) is 6.79. The highest BCUT2D eigenvalue weighted by Crippen LogP contribution is 2.24. The molecule has 2 aliphatic rings. The summed E-state index contributed by atoms with van der Waals surface area (Å²) in [4.78, 5) is 11.6. The molecule has 4 heterocycles. The number of hydrogen-bond donors (Lipinski definition) is 1. The molecule has 0 spiro atoms. The Kier molecular flexibility index (Phi) is 2.63. The lowest BCUT2D eigenvalue weighted by atomic mass is 10.0. The van der Waals surface area contributed by atoms with E-state index in [1.54, 1.807) is 0 Å². The van der Waals surface area contributed by atoms with Gasteiger partial charge < -0.3 is 19.4 Å². The topological polar surface area (TPSA) is 54.7 Å². The lowest BCUT2D eigenvalue weighted by Gasteiger charge is -2.27. The number of fused-ring (bicyclic) bond motifs is 1. The zero-order valence-electron chi connectivity index (χ0n) is 10.7. The Morgan fingerprint density at radius 2 is 2.11 bits per heavy atom. The monoisotopic (exact) mass is 259 g/mol. The zero-order chi connectivity index (χ0) is 12.7. The minimum atomic E-state index is 0.553. The third-order valence-electron chi connectivity index (χ3n) is 3.89. The van der Waals surface area contributed by atoms with Crippen LogP contribution in [0, 0.1) is 0 Å². The lowest BCUT2D eigenvalue weighted by Crippen LogP contribution is -2.40. The molecule has 2 aromatic heterocycles. The Bertz CT molecular complexity index is 586. The van der Waals surface area contributed by atoms with Crippen molar-refractivity contribution in [2.75, 3.05) is 44.3 Å². The first-order chi connectivity index (χ1) is 9.42. The molecule has 2 fully saturated rings. The number of ether oxygens (including phenoxy) is 1. The van der Waals surface area contributed by atoms with Gasteiger partial charge in [0.1, 0.15) is 0 Å².